The summed E-state index contributed by atoms with van der Waals surface area (Å²) in [6.45, 7) is 9.16. The maximum atomic E-state index is 13.1. The lowest BCUT2D eigenvalue weighted by molar-refractivity contribution is 0.0927. The normalized spacial score (nSPS) is 20.6. The molecule has 1 fully saturated rings. The number of benzene rings is 2. The molecule has 7 heteroatoms. The molecule has 3 unspecified atom stereocenters. The van der Waals surface area contributed by atoms with Gasteiger partial charge in [-0.3, -0.25) is 10.2 Å². The number of rotatable bonds is 9. The summed E-state index contributed by atoms with van der Waals surface area (Å²) < 4.78 is 17.2. The van der Waals surface area contributed by atoms with Gasteiger partial charge < -0.3 is 19.5 Å². The molecule has 0 saturated carbocycles. The number of hydrogen-bond acceptors (Lipinski definition) is 6. The second-order valence-electron chi connectivity index (χ2n) is 7.07. The van der Waals surface area contributed by atoms with Crippen LogP contribution in [0.3, 0.4) is 0 Å². The molecule has 2 aromatic carbocycles. The molecule has 3 atom stereocenters. The van der Waals surface area contributed by atoms with Gasteiger partial charge in [0.05, 0.1) is 19.8 Å². The minimum absolute atomic E-state index is 0.0931. The Bertz CT molecular complexity index is 817. The summed E-state index contributed by atoms with van der Waals surface area (Å²) in [5, 5.41) is 3.10. The molecule has 7 nitrogen and oxygen atoms in total. The molecule has 0 spiro atoms. The molecule has 1 aliphatic rings. The first-order chi connectivity index (χ1) is 14.6. The molecule has 30 heavy (non-hydrogen) atoms. The van der Waals surface area contributed by atoms with Crippen molar-refractivity contribution >= 4 is 5.91 Å². The van der Waals surface area contributed by atoms with Crippen LogP contribution in [0.2, 0.25) is 0 Å². The minimum atomic E-state index is -0.257. The average molecular weight is 414 g/mol. The predicted octanol–water partition coefficient (Wildman–Crippen LogP) is 3.22. The van der Waals surface area contributed by atoms with E-state index in [2.05, 4.69) is 35.2 Å². The van der Waals surface area contributed by atoms with E-state index in [1.54, 1.807) is 12.1 Å². The van der Waals surface area contributed by atoms with E-state index in [0.717, 1.165) is 5.56 Å². The Kier molecular flexibility index (Phi) is 7.54. The summed E-state index contributed by atoms with van der Waals surface area (Å²) in [5.41, 5.74) is 8.04. The lowest BCUT2D eigenvalue weighted by Crippen LogP contribution is -2.46. The molecule has 1 amide bonds. The average Bonchev–Trinajstić information content (AvgIpc) is 3.11. The van der Waals surface area contributed by atoms with Crippen LogP contribution in [0.15, 0.2) is 42.5 Å². The largest absolute Gasteiger partial charge is 0.490 e. The number of ether oxygens (including phenoxy) is 3. The quantitative estimate of drug-likeness (QED) is 0.586. The van der Waals surface area contributed by atoms with Gasteiger partial charge in [-0.15, -0.1) is 0 Å². The van der Waals surface area contributed by atoms with Crippen molar-refractivity contribution in [2.75, 3.05) is 19.8 Å². The molecule has 1 heterocycles. The zero-order valence-corrected chi connectivity index (χ0v) is 18.0. The molecule has 0 aromatic heterocycles. The Hall–Kier alpha value is -2.77. The molecular weight excluding hydrogens is 382 g/mol. The van der Waals surface area contributed by atoms with Crippen LogP contribution in [0.1, 0.15) is 49.5 Å². The highest BCUT2D eigenvalue weighted by atomic mass is 16.5. The number of nitrogens with one attached hydrogen (secondary N) is 3. The van der Waals surface area contributed by atoms with E-state index in [9.17, 15) is 4.79 Å². The topological polar surface area (TPSA) is 80.9 Å². The monoisotopic (exact) mass is 413 g/mol. The van der Waals surface area contributed by atoms with Crippen LogP contribution in [-0.4, -0.2) is 37.9 Å². The lowest BCUT2D eigenvalue weighted by atomic mass is 9.91. The SMILES string of the molecule is CCOc1cc(C(=O)NC2NNC(C)C2c2ccccc2)cc(OCC)c1OCC. The summed E-state index contributed by atoms with van der Waals surface area (Å²) in [6, 6.07) is 13.7. The molecule has 1 aliphatic heterocycles. The number of carbonyl (C=O) groups excluding carboxylic acids is 1. The van der Waals surface area contributed by atoms with E-state index in [1.165, 1.54) is 0 Å². The van der Waals surface area contributed by atoms with Crippen LogP contribution in [0.25, 0.3) is 0 Å². The van der Waals surface area contributed by atoms with E-state index in [1.807, 2.05) is 39.0 Å². The molecule has 3 rings (SSSR count). The molecular formula is C23H31N3O4. The molecule has 0 radical (unpaired) electrons. The van der Waals surface area contributed by atoms with Crippen LogP contribution >= 0.6 is 0 Å². The van der Waals surface area contributed by atoms with Crippen LogP contribution in [0.4, 0.5) is 0 Å². The highest BCUT2D eigenvalue weighted by Gasteiger charge is 2.35. The maximum absolute atomic E-state index is 13.1. The Labute approximate surface area is 178 Å². The van der Waals surface area contributed by atoms with Crippen molar-refractivity contribution in [1.29, 1.82) is 0 Å². The van der Waals surface area contributed by atoms with Gasteiger partial charge in [-0.1, -0.05) is 30.3 Å². The smallest absolute Gasteiger partial charge is 0.252 e. The third kappa shape index (κ3) is 4.86. The van der Waals surface area contributed by atoms with Crippen LogP contribution in [0, 0.1) is 0 Å². The number of carbonyl (C=O) groups is 1. The second-order valence-corrected chi connectivity index (χ2v) is 7.07. The number of hydrogen-bond donors (Lipinski definition) is 3. The number of amides is 1. The van der Waals surface area contributed by atoms with Gasteiger partial charge in [-0.05, 0) is 45.4 Å². The molecule has 0 aliphatic carbocycles. The Morgan fingerprint density at radius 2 is 1.53 bits per heavy atom. The zero-order valence-electron chi connectivity index (χ0n) is 18.0. The van der Waals surface area contributed by atoms with Crippen molar-refractivity contribution in [1.82, 2.24) is 16.2 Å². The lowest BCUT2D eigenvalue weighted by Gasteiger charge is -2.23. The fraction of sp³-hybridized carbons (Fsp3) is 0.435. The highest BCUT2D eigenvalue weighted by Crippen LogP contribution is 2.39. The standard InChI is InChI=1S/C23H31N3O4/c1-5-28-18-13-17(14-19(29-6-2)21(18)30-7-3)23(27)24-22-20(15(4)25-26-22)16-11-9-8-10-12-16/h8-15,20,22,25-26H,5-7H2,1-4H3,(H,24,27). The molecule has 2 aromatic rings. The second kappa shape index (κ2) is 10.3. The van der Waals surface area contributed by atoms with Gasteiger partial charge in [-0.2, -0.15) is 0 Å². The van der Waals surface area contributed by atoms with Crippen LogP contribution < -0.4 is 30.4 Å². The Morgan fingerprint density at radius 3 is 2.10 bits per heavy atom. The first kappa shape index (κ1) is 21.9. The van der Waals surface area contributed by atoms with E-state index < -0.39 is 0 Å². The van der Waals surface area contributed by atoms with E-state index in [0.29, 0.717) is 42.6 Å². The number of hydrazine groups is 1. The van der Waals surface area contributed by atoms with Crippen molar-refractivity contribution in [3.8, 4) is 17.2 Å². The van der Waals surface area contributed by atoms with Crippen LogP contribution in [-0.2, 0) is 0 Å². The third-order valence-corrected chi connectivity index (χ3v) is 5.01. The van der Waals surface area contributed by atoms with Gasteiger partial charge in [-0.25, -0.2) is 5.43 Å². The van der Waals surface area contributed by atoms with Crippen molar-refractivity contribution in [3.63, 3.8) is 0 Å². The molecule has 3 N–H and O–H groups in total. The maximum Gasteiger partial charge on any atom is 0.252 e. The first-order valence-electron chi connectivity index (χ1n) is 10.5. The minimum Gasteiger partial charge on any atom is -0.490 e. The van der Waals surface area contributed by atoms with Gasteiger partial charge in [0.25, 0.3) is 5.91 Å². The van der Waals surface area contributed by atoms with Gasteiger partial charge in [0.15, 0.2) is 11.5 Å². The summed E-state index contributed by atoms with van der Waals surface area (Å²) in [4.78, 5) is 13.1. The molecule has 0 bridgehead atoms. The van der Waals surface area contributed by atoms with Crippen molar-refractivity contribution < 1.29 is 19.0 Å². The summed E-state index contributed by atoms with van der Waals surface area (Å²) >= 11 is 0. The first-order valence-corrected chi connectivity index (χ1v) is 10.5. The highest BCUT2D eigenvalue weighted by molar-refractivity contribution is 5.96. The van der Waals surface area contributed by atoms with E-state index >= 15 is 0 Å². The zero-order chi connectivity index (χ0) is 21.5. The van der Waals surface area contributed by atoms with Crippen molar-refractivity contribution in [2.24, 2.45) is 0 Å². The summed E-state index contributed by atoms with van der Waals surface area (Å²) in [7, 11) is 0. The Morgan fingerprint density at radius 1 is 0.933 bits per heavy atom. The van der Waals surface area contributed by atoms with Crippen LogP contribution in [0.5, 0.6) is 17.2 Å². The van der Waals surface area contributed by atoms with Crippen molar-refractivity contribution in [2.45, 2.75) is 45.8 Å². The molecule has 162 valence electrons. The van der Waals surface area contributed by atoms with Gasteiger partial charge >= 0.3 is 0 Å². The fourth-order valence-corrected chi connectivity index (χ4v) is 3.72. The molecule has 1 saturated heterocycles. The third-order valence-electron chi connectivity index (χ3n) is 5.01. The summed E-state index contributed by atoms with van der Waals surface area (Å²) in [5.74, 6) is 1.40. The van der Waals surface area contributed by atoms with Gasteiger partial charge in [0.2, 0.25) is 5.75 Å². The predicted molar refractivity (Wildman–Crippen MR) is 116 cm³/mol. The van der Waals surface area contributed by atoms with Gasteiger partial charge in [0, 0.05) is 17.5 Å². The fourth-order valence-electron chi connectivity index (χ4n) is 3.72. The summed E-state index contributed by atoms with van der Waals surface area (Å²) in [6.07, 6.45) is -0.257. The van der Waals surface area contributed by atoms with Gasteiger partial charge in [0.1, 0.15) is 6.17 Å². The van der Waals surface area contributed by atoms with E-state index in [-0.39, 0.29) is 24.0 Å². The Balaban J connectivity index is 1.86. The van der Waals surface area contributed by atoms with E-state index in [4.69, 9.17) is 14.2 Å². The van der Waals surface area contributed by atoms with Crippen molar-refractivity contribution in [3.05, 3.63) is 53.6 Å².